The number of hydrogen-bond acceptors (Lipinski definition) is 2. The number of halogens is 1. The molecule has 0 spiro atoms. The Labute approximate surface area is 101 Å². The molecule has 4 nitrogen and oxygen atoms in total. The van der Waals surface area contributed by atoms with Crippen molar-refractivity contribution in [2.45, 2.75) is 44.3 Å². The van der Waals surface area contributed by atoms with Gasteiger partial charge in [-0.3, -0.25) is 9.59 Å². The number of rotatable bonds is 2. The number of carbonyl (C=O) groups is 2. The molecule has 2 heterocycles. The lowest BCUT2D eigenvalue weighted by molar-refractivity contribution is -0.144. The van der Waals surface area contributed by atoms with Gasteiger partial charge in [-0.1, -0.05) is 0 Å². The van der Waals surface area contributed by atoms with Crippen LogP contribution in [-0.2, 0) is 9.59 Å². The highest BCUT2D eigenvalue weighted by Crippen LogP contribution is 2.20. The van der Waals surface area contributed by atoms with Crippen molar-refractivity contribution in [3.05, 3.63) is 0 Å². The largest absolute Gasteiger partial charge is 0.338 e. The zero-order valence-electron chi connectivity index (χ0n) is 9.98. The predicted molar refractivity (Wildman–Crippen MR) is 61.1 cm³/mol. The highest BCUT2D eigenvalue weighted by molar-refractivity contribution is 5.84. The van der Waals surface area contributed by atoms with Crippen LogP contribution >= 0.6 is 0 Å². The molecule has 17 heavy (non-hydrogen) atoms. The van der Waals surface area contributed by atoms with Gasteiger partial charge in [-0.05, 0) is 32.1 Å². The summed E-state index contributed by atoms with van der Waals surface area (Å²) in [5, 5.41) is 0. The number of nitrogens with zero attached hydrogens (tertiary/aromatic N) is 2. The van der Waals surface area contributed by atoms with Crippen molar-refractivity contribution in [3.8, 4) is 0 Å². The van der Waals surface area contributed by atoms with Crippen LogP contribution in [0.5, 0.6) is 0 Å². The van der Waals surface area contributed by atoms with E-state index in [0.29, 0.717) is 25.9 Å². The van der Waals surface area contributed by atoms with Crippen molar-refractivity contribution in [2.24, 2.45) is 0 Å². The molecule has 2 fully saturated rings. The Balaban J connectivity index is 1.99. The van der Waals surface area contributed by atoms with Crippen LogP contribution in [0.3, 0.4) is 0 Å². The Kier molecular flexibility index (Phi) is 3.97. The lowest BCUT2D eigenvalue weighted by Gasteiger charge is -2.37. The van der Waals surface area contributed by atoms with Crippen molar-refractivity contribution in [1.82, 2.24) is 9.80 Å². The number of piperidine rings is 2. The average molecular weight is 242 g/mol. The molecule has 5 heteroatoms. The van der Waals surface area contributed by atoms with Gasteiger partial charge in [0.25, 0.3) is 0 Å². The minimum atomic E-state index is -0.902. The molecule has 2 atom stereocenters. The maximum atomic E-state index is 13.3. The molecule has 0 N–H and O–H groups in total. The van der Waals surface area contributed by atoms with Gasteiger partial charge in [-0.25, -0.2) is 4.39 Å². The van der Waals surface area contributed by atoms with Crippen molar-refractivity contribution in [3.63, 3.8) is 0 Å². The molecule has 0 aromatic rings. The van der Waals surface area contributed by atoms with E-state index in [1.807, 2.05) is 0 Å². The van der Waals surface area contributed by atoms with Crippen LogP contribution in [0.25, 0.3) is 0 Å². The number of hydrogen-bond donors (Lipinski definition) is 0. The Bertz CT molecular complexity index is 298. The topological polar surface area (TPSA) is 40.6 Å². The molecule has 0 aromatic carbocycles. The summed E-state index contributed by atoms with van der Waals surface area (Å²) in [7, 11) is 0. The predicted octanol–water partition coefficient (Wildman–Crippen LogP) is 0.958. The summed E-state index contributed by atoms with van der Waals surface area (Å²) >= 11 is 0. The standard InChI is InChI=1S/C12H19FN2O2/c13-10-4-3-7-14(8-10)12(17)11-5-1-2-6-15(11)9-16/h9-11H,1-8H2. The van der Waals surface area contributed by atoms with Crippen LogP contribution in [0, 0.1) is 0 Å². The third-order valence-electron chi connectivity index (χ3n) is 3.64. The third-order valence-corrected chi connectivity index (χ3v) is 3.64. The second kappa shape index (κ2) is 5.47. The minimum Gasteiger partial charge on any atom is -0.338 e. The Hall–Kier alpha value is -1.13. The van der Waals surface area contributed by atoms with Crippen LogP contribution < -0.4 is 0 Å². The summed E-state index contributed by atoms with van der Waals surface area (Å²) in [5.41, 5.74) is 0. The summed E-state index contributed by atoms with van der Waals surface area (Å²) in [6.45, 7) is 1.47. The number of alkyl halides is 1. The van der Waals surface area contributed by atoms with E-state index < -0.39 is 6.17 Å². The van der Waals surface area contributed by atoms with E-state index in [4.69, 9.17) is 0 Å². The fraction of sp³-hybridized carbons (Fsp3) is 0.833. The maximum absolute atomic E-state index is 13.3. The quantitative estimate of drug-likeness (QED) is 0.677. The highest BCUT2D eigenvalue weighted by Gasteiger charge is 2.33. The normalized spacial score (nSPS) is 30.2. The monoisotopic (exact) mass is 242 g/mol. The molecule has 0 saturated carbocycles. The molecule has 0 bridgehead atoms. The first kappa shape index (κ1) is 12.3. The maximum Gasteiger partial charge on any atom is 0.245 e. The van der Waals surface area contributed by atoms with E-state index in [-0.39, 0.29) is 18.5 Å². The van der Waals surface area contributed by atoms with E-state index in [1.54, 1.807) is 9.80 Å². The summed E-state index contributed by atoms with van der Waals surface area (Å²) < 4.78 is 13.3. The first-order chi connectivity index (χ1) is 8.22. The molecule has 2 amide bonds. The van der Waals surface area contributed by atoms with Crippen LogP contribution in [0.15, 0.2) is 0 Å². The molecule has 2 saturated heterocycles. The molecular weight excluding hydrogens is 223 g/mol. The van der Waals surface area contributed by atoms with E-state index in [0.717, 1.165) is 25.7 Å². The van der Waals surface area contributed by atoms with Crippen LogP contribution in [0.4, 0.5) is 4.39 Å². The second-order valence-electron chi connectivity index (χ2n) is 4.88. The SMILES string of the molecule is O=CN1CCCCC1C(=O)N1CCCC(F)C1. The van der Waals surface area contributed by atoms with E-state index >= 15 is 0 Å². The smallest absolute Gasteiger partial charge is 0.245 e. The molecule has 2 aliphatic heterocycles. The number of likely N-dealkylation sites (tertiary alicyclic amines) is 2. The number of amides is 2. The van der Waals surface area contributed by atoms with Crippen molar-refractivity contribution in [2.75, 3.05) is 19.6 Å². The molecular formula is C12H19FN2O2. The molecule has 0 aliphatic carbocycles. The van der Waals surface area contributed by atoms with Gasteiger partial charge in [0.1, 0.15) is 12.2 Å². The van der Waals surface area contributed by atoms with Crippen molar-refractivity contribution in [1.29, 1.82) is 0 Å². The van der Waals surface area contributed by atoms with Crippen molar-refractivity contribution >= 4 is 12.3 Å². The van der Waals surface area contributed by atoms with E-state index in [1.165, 1.54) is 0 Å². The van der Waals surface area contributed by atoms with Crippen LogP contribution in [0.1, 0.15) is 32.1 Å². The molecule has 96 valence electrons. The molecule has 0 aromatic heterocycles. The Morgan fingerprint density at radius 2 is 2.00 bits per heavy atom. The van der Waals surface area contributed by atoms with Gasteiger partial charge >= 0.3 is 0 Å². The Morgan fingerprint density at radius 1 is 1.18 bits per heavy atom. The first-order valence-electron chi connectivity index (χ1n) is 6.36. The zero-order chi connectivity index (χ0) is 12.3. The number of carbonyl (C=O) groups excluding carboxylic acids is 2. The average Bonchev–Trinajstić information content (AvgIpc) is 2.38. The third kappa shape index (κ3) is 2.76. The molecule has 0 radical (unpaired) electrons. The first-order valence-corrected chi connectivity index (χ1v) is 6.36. The zero-order valence-corrected chi connectivity index (χ0v) is 9.98. The fourth-order valence-electron chi connectivity index (χ4n) is 2.68. The van der Waals surface area contributed by atoms with Gasteiger partial charge in [-0.15, -0.1) is 0 Å². The van der Waals surface area contributed by atoms with E-state index in [9.17, 15) is 14.0 Å². The van der Waals surface area contributed by atoms with Gasteiger partial charge < -0.3 is 9.80 Å². The van der Waals surface area contributed by atoms with Crippen LogP contribution in [-0.4, -0.2) is 54.0 Å². The van der Waals surface area contributed by atoms with Crippen LogP contribution in [0.2, 0.25) is 0 Å². The van der Waals surface area contributed by atoms with Gasteiger partial charge in [0.05, 0.1) is 6.54 Å². The summed E-state index contributed by atoms with van der Waals surface area (Å²) in [5.74, 6) is -0.0702. The molecule has 2 rings (SSSR count). The van der Waals surface area contributed by atoms with Gasteiger partial charge in [-0.2, -0.15) is 0 Å². The molecule has 2 unspecified atom stereocenters. The van der Waals surface area contributed by atoms with Crippen molar-refractivity contribution < 1.29 is 14.0 Å². The summed E-state index contributed by atoms with van der Waals surface area (Å²) in [6.07, 6.45) is 3.75. The Morgan fingerprint density at radius 3 is 2.71 bits per heavy atom. The fourth-order valence-corrected chi connectivity index (χ4v) is 2.68. The lowest BCUT2D eigenvalue weighted by atomic mass is 10.00. The summed E-state index contributed by atoms with van der Waals surface area (Å²) in [6, 6.07) is -0.355. The van der Waals surface area contributed by atoms with E-state index in [2.05, 4.69) is 0 Å². The molecule has 2 aliphatic rings. The summed E-state index contributed by atoms with van der Waals surface area (Å²) in [4.78, 5) is 26.3. The van der Waals surface area contributed by atoms with Gasteiger partial charge in [0, 0.05) is 13.1 Å². The van der Waals surface area contributed by atoms with Gasteiger partial charge in [0.15, 0.2) is 0 Å². The highest BCUT2D eigenvalue weighted by atomic mass is 19.1. The minimum absolute atomic E-state index is 0.0702. The lowest BCUT2D eigenvalue weighted by Crippen LogP contribution is -2.53. The second-order valence-corrected chi connectivity index (χ2v) is 4.88. The van der Waals surface area contributed by atoms with Gasteiger partial charge in [0.2, 0.25) is 12.3 Å².